The predicted octanol–water partition coefficient (Wildman–Crippen LogP) is 2.32. The molecule has 0 saturated carbocycles. The Hall–Kier alpha value is -1.49. The summed E-state index contributed by atoms with van der Waals surface area (Å²) in [6.07, 6.45) is 3.32. The molecule has 0 saturated heterocycles. The van der Waals surface area contributed by atoms with Crippen molar-refractivity contribution in [3.05, 3.63) is 23.9 Å². The minimum Gasteiger partial charge on any atom is -0.281 e. The minimum absolute atomic E-state index is 0.0803. The van der Waals surface area contributed by atoms with Crippen LogP contribution in [0.3, 0.4) is 0 Å². The molecule has 0 aromatic carbocycles. The van der Waals surface area contributed by atoms with Crippen molar-refractivity contribution >= 4 is 5.65 Å². The fraction of sp³-hybridized carbons (Fsp3) is 0.643. The molecular formula is C14H21N5. The number of hydrogen-bond acceptors (Lipinski definition) is 4. The van der Waals surface area contributed by atoms with Crippen LogP contribution in [0.15, 0.2) is 12.7 Å². The van der Waals surface area contributed by atoms with Crippen LogP contribution in [-0.2, 0) is 11.1 Å². The molecular weight excluding hydrogens is 238 g/mol. The molecule has 5 heteroatoms. The van der Waals surface area contributed by atoms with Gasteiger partial charge < -0.3 is 0 Å². The maximum atomic E-state index is 4.72. The average Bonchev–Trinajstić information content (AvgIpc) is 2.73. The molecule has 3 heterocycles. The molecule has 0 radical (unpaired) electrons. The maximum absolute atomic E-state index is 4.72. The van der Waals surface area contributed by atoms with Gasteiger partial charge in [-0.05, 0) is 41.5 Å². The number of hydrogen-bond donors (Lipinski definition) is 0. The smallest absolute Gasteiger partial charge is 0.163 e. The lowest BCUT2D eigenvalue weighted by Gasteiger charge is -2.43. The van der Waals surface area contributed by atoms with Gasteiger partial charge >= 0.3 is 0 Å². The third-order valence-corrected chi connectivity index (χ3v) is 4.22. The second-order valence-electron chi connectivity index (χ2n) is 6.58. The van der Waals surface area contributed by atoms with Crippen molar-refractivity contribution in [2.45, 2.75) is 58.7 Å². The second kappa shape index (κ2) is 3.54. The molecule has 5 nitrogen and oxygen atoms in total. The molecule has 19 heavy (non-hydrogen) atoms. The standard InChI is InChI=1S/C14H21N5/c1-9(2)19-13(3,4)10-11(14(19,5)6)17-18-8-15-7-16-12(10)18/h7-9H,1-6H3. The lowest BCUT2D eigenvalue weighted by atomic mass is 9.96. The Labute approximate surface area is 113 Å². The Bertz CT molecular complexity index is 638. The Balaban J connectivity index is 2.36. The van der Waals surface area contributed by atoms with Gasteiger partial charge in [-0.25, -0.2) is 14.5 Å². The number of nitrogens with zero attached hydrogens (tertiary/aromatic N) is 5. The summed E-state index contributed by atoms with van der Waals surface area (Å²) in [5, 5.41) is 4.72. The molecule has 2 aromatic heterocycles. The average molecular weight is 259 g/mol. The van der Waals surface area contributed by atoms with E-state index in [1.807, 2.05) is 0 Å². The lowest BCUT2D eigenvalue weighted by Crippen LogP contribution is -2.49. The maximum Gasteiger partial charge on any atom is 0.163 e. The van der Waals surface area contributed by atoms with Crippen LogP contribution in [0.1, 0.15) is 52.8 Å². The van der Waals surface area contributed by atoms with Gasteiger partial charge in [0, 0.05) is 17.1 Å². The van der Waals surface area contributed by atoms with Crippen LogP contribution in [0.4, 0.5) is 0 Å². The molecule has 3 rings (SSSR count). The molecule has 0 bridgehead atoms. The van der Waals surface area contributed by atoms with Crippen molar-refractivity contribution < 1.29 is 0 Å². The topological polar surface area (TPSA) is 46.3 Å². The van der Waals surface area contributed by atoms with E-state index in [4.69, 9.17) is 5.10 Å². The van der Waals surface area contributed by atoms with E-state index in [1.54, 1.807) is 17.2 Å². The second-order valence-corrected chi connectivity index (χ2v) is 6.58. The summed E-state index contributed by atoms with van der Waals surface area (Å²) in [5.74, 6) is 0. The zero-order valence-corrected chi connectivity index (χ0v) is 12.5. The van der Waals surface area contributed by atoms with Crippen LogP contribution in [0.5, 0.6) is 0 Å². The first kappa shape index (κ1) is 12.5. The quantitative estimate of drug-likeness (QED) is 0.788. The van der Waals surface area contributed by atoms with E-state index in [-0.39, 0.29) is 11.1 Å². The zero-order valence-electron chi connectivity index (χ0n) is 12.5. The predicted molar refractivity (Wildman–Crippen MR) is 73.8 cm³/mol. The normalized spacial score (nSPS) is 21.2. The molecule has 0 N–H and O–H groups in total. The van der Waals surface area contributed by atoms with Crippen molar-refractivity contribution in [3.63, 3.8) is 0 Å². The van der Waals surface area contributed by atoms with Crippen LogP contribution in [0, 0.1) is 0 Å². The van der Waals surface area contributed by atoms with Gasteiger partial charge in [-0.3, -0.25) is 4.90 Å². The molecule has 102 valence electrons. The summed E-state index contributed by atoms with van der Waals surface area (Å²) in [5.41, 5.74) is 3.09. The summed E-state index contributed by atoms with van der Waals surface area (Å²) >= 11 is 0. The molecule has 0 amide bonds. The molecule has 1 aliphatic rings. The van der Waals surface area contributed by atoms with Crippen LogP contribution >= 0.6 is 0 Å². The van der Waals surface area contributed by atoms with Gasteiger partial charge in [0.25, 0.3) is 0 Å². The summed E-state index contributed by atoms with van der Waals surface area (Å²) in [6.45, 7) is 13.5. The van der Waals surface area contributed by atoms with E-state index in [9.17, 15) is 0 Å². The van der Waals surface area contributed by atoms with Crippen LogP contribution in [-0.4, -0.2) is 30.5 Å². The molecule has 0 aliphatic carbocycles. The van der Waals surface area contributed by atoms with E-state index >= 15 is 0 Å². The third kappa shape index (κ3) is 1.42. The summed E-state index contributed by atoms with van der Waals surface area (Å²) in [7, 11) is 0. The third-order valence-electron chi connectivity index (χ3n) is 4.22. The Kier molecular flexibility index (Phi) is 2.33. The molecule has 1 aliphatic heterocycles. The highest BCUT2D eigenvalue weighted by Gasteiger charge is 2.53. The first-order valence-electron chi connectivity index (χ1n) is 6.76. The highest BCUT2D eigenvalue weighted by Crippen LogP contribution is 2.51. The number of aromatic nitrogens is 4. The Morgan fingerprint density at radius 2 is 1.79 bits per heavy atom. The van der Waals surface area contributed by atoms with Crippen molar-refractivity contribution in [2.75, 3.05) is 0 Å². The summed E-state index contributed by atoms with van der Waals surface area (Å²) < 4.78 is 1.80. The fourth-order valence-corrected chi connectivity index (χ4v) is 4.03. The SMILES string of the molecule is CC(C)N1C(C)(C)c2nn3cncnc3c2C1(C)C. The number of fused-ring (bicyclic) bond motifs is 3. The highest BCUT2D eigenvalue weighted by atomic mass is 15.4. The van der Waals surface area contributed by atoms with E-state index in [0.717, 1.165) is 11.3 Å². The highest BCUT2D eigenvalue weighted by molar-refractivity contribution is 5.57. The Morgan fingerprint density at radius 1 is 1.11 bits per heavy atom. The zero-order chi connectivity index (χ0) is 14.0. The van der Waals surface area contributed by atoms with Gasteiger partial charge in [0.2, 0.25) is 0 Å². The molecule has 0 spiro atoms. The first-order chi connectivity index (χ1) is 8.78. The van der Waals surface area contributed by atoms with E-state index in [2.05, 4.69) is 56.4 Å². The van der Waals surface area contributed by atoms with E-state index in [0.29, 0.717) is 6.04 Å². The minimum atomic E-state index is -0.0965. The van der Waals surface area contributed by atoms with E-state index < -0.39 is 0 Å². The molecule has 2 aromatic rings. The Morgan fingerprint density at radius 3 is 2.42 bits per heavy atom. The molecule has 0 unspecified atom stereocenters. The van der Waals surface area contributed by atoms with Crippen LogP contribution in [0.25, 0.3) is 5.65 Å². The fourth-order valence-electron chi connectivity index (χ4n) is 4.03. The van der Waals surface area contributed by atoms with Gasteiger partial charge in [0.05, 0.1) is 11.2 Å². The summed E-state index contributed by atoms with van der Waals surface area (Å²) in [4.78, 5) is 11.0. The van der Waals surface area contributed by atoms with Gasteiger partial charge in [-0.1, -0.05) is 0 Å². The van der Waals surface area contributed by atoms with Gasteiger partial charge in [-0.2, -0.15) is 5.10 Å². The molecule has 0 fully saturated rings. The van der Waals surface area contributed by atoms with Gasteiger partial charge in [0.1, 0.15) is 12.7 Å². The number of rotatable bonds is 1. The monoisotopic (exact) mass is 259 g/mol. The lowest BCUT2D eigenvalue weighted by molar-refractivity contribution is 0.00643. The van der Waals surface area contributed by atoms with Crippen molar-refractivity contribution in [3.8, 4) is 0 Å². The van der Waals surface area contributed by atoms with Crippen LogP contribution < -0.4 is 0 Å². The van der Waals surface area contributed by atoms with Crippen LogP contribution in [0.2, 0.25) is 0 Å². The largest absolute Gasteiger partial charge is 0.281 e. The summed E-state index contributed by atoms with van der Waals surface area (Å²) in [6, 6.07) is 0.445. The molecule has 0 atom stereocenters. The van der Waals surface area contributed by atoms with Gasteiger partial charge in [0.15, 0.2) is 5.65 Å². The van der Waals surface area contributed by atoms with E-state index in [1.165, 1.54) is 5.56 Å². The van der Waals surface area contributed by atoms with Crippen molar-refractivity contribution in [1.29, 1.82) is 0 Å². The first-order valence-corrected chi connectivity index (χ1v) is 6.76. The van der Waals surface area contributed by atoms with Gasteiger partial charge in [-0.15, -0.1) is 0 Å². The van der Waals surface area contributed by atoms with Crippen molar-refractivity contribution in [1.82, 2.24) is 24.5 Å². The van der Waals surface area contributed by atoms with Crippen molar-refractivity contribution in [2.24, 2.45) is 0 Å².